The molecule has 2 aliphatic heterocycles. The number of allylic oxidation sites excluding steroid dienone is 2. The molecule has 4 bridgehead atoms. The number of sulfonamides is 1. The fraction of sp³-hybridized carbons (Fsp3) is 0.605. The number of pyridine rings is 1. The molecule has 11 nitrogen and oxygen atoms in total. The Hall–Kier alpha value is -4.06. The number of nitrogens with one attached hydrogen (secondary N) is 1. The standard InChI is InChI=1S/C43H55N3O8S/c1-4-31-24-43(31,41(50)45-55(51,52)33-16-17-33)25-37(47)36-22-32-26-46(36)40(49)35(29-12-8-5-9-13-29)23-38(48)53-27-42(2,3)19-10-6-7-11-28-14-15-30-18-20-44-39(54-32)34(30)21-28/h4,7,11,14-15,18,20-21,29,31-33,35-36H,1,5-6,8-10,12-13,16-17,19,22-27H2,2-3H3,(H,45,50)/b11-7+/t31-,32-,35+,36+,43-/m1/s1. The summed E-state index contributed by atoms with van der Waals surface area (Å²) >= 11 is 0. The van der Waals surface area contributed by atoms with Crippen molar-refractivity contribution >= 4 is 50.4 Å². The Morgan fingerprint density at radius 3 is 2.58 bits per heavy atom. The summed E-state index contributed by atoms with van der Waals surface area (Å²) < 4.78 is 40.3. The molecule has 4 fully saturated rings. The molecule has 3 aliphatic carbocycles. The summed E-state index contributed by atoms with van der Waals surface area (Å²) in [7, 11) is -3.84. The molecular formula is C43H55N3O8S. The van der Waals surface area contributed by atoms with Crippen LogP contribution in [-0.2, 0) is 33.9 Å². The fourth-order valence-electron chi connectivity index (χ4n) is 8.96. The highest BCUT2D eigenvalue weighted by molar-refractivity contribution is 7.90. The molecule has 12 heteroatoms. The summed E-state index contributed by atoms with van der Waals surface area (Å²) in [5, 5.41) is 1.16. The van der Waals surface area contributed by atoms with Gasteiger partial charge in [-0.1, -0.05) is 63.5 Å². The topological polar surface area (TPSA) is 149 Å². The van der Waals surface area contributed by atoms with Crippen molar-refractivity contribution in [2.24, 2.45) is 28.6 Å². The van der Waals surface area contributed by atoms with Crippen LogP contribution in [0.15, 0.2) is 49.2 Å². The molecule has 7 rings (SSSR count). The number of hydrogen-bond acceptors (Lipinski definition) is 9. The van der Waals surface area contributed by atoms with E-state index in [1.165, 1.54) is 0 Å². The first-order valence-electron chi connectivity index (χ1n) is 20.2. The molecule has 3 saturated carbocycles. The minimum atomic E-state index is -3.84. The van der Waals surface area contributed by atoms with Crippen molar-refractivity contribution in [3.8, 4) is 5.88 Å². The van der Waals surface area contributed by atoms with Gasteiger partial charge in [0.15, 0.2) is 5.78 Å². The third-order valence-corrected chi connectivity index (χ3v) is 14.4. The molecule has 1 N–H and O–H groups in total. The van der Waals surface area contributed by atoms with Gasteiger partial charge in [0.2, 0.25) is 27.7 Å². The van der Waals surface area contributed by atoms with Crippen molar-refractivity contribution in [2.75, 3.05) is 13.2 Å². The lowest BCUT2D eigenvalue weighted by atomic mass is 9.77. The Morgan fingerprint density at radius 1 is 1.07 bits per heavy atom. The summed E-state index contributed by atoms with van der Waals surface area (Å²) in [6.45, 7) is 8.37. The number of aromatic nitrogens is 1. The van der Waals surface area contributed by atoms with Crippen LogP contribution in [0.3, 0.4) is 0 Å². The van der Waals surface area contributed by atoms with E-state index < -0.39 is 50.6 Å². The van der Waals surface area contributed by atoms with Crippen molar-refractivity contribution in [3.05, 3.63) is 54.8 Å². The summed E-state index contributed by atoms with van der Waals surface area (Å²) in [5.41, 5.74) is -0.520. The Morgan fingerprint density at radius 2 is 1.85 bits per heavy atom. The number of carbonyl (C=O) groups excluding carboxylic acids is 4. The summed E-state index contributed by atoms with van der Waals surface area (Å²) in [6, 6.07) is 7.08. The second-order valence-electron chi connectivity index (χ2n) is 17.4. The number of hydrogen-bond donors (Lipinski definition) is 1. The fourth-order valence-corrected chi connectivity index (χ4v) is 10.3. The van der Waals surface area contributed by atoms with Gasteiger partial charge in [-0.2, -0.15) is 0 Å². The van der Waals surface area contributed by atoms with E-state index >= 15 is 0 Å². The highest BCUT2D eigenvalue weighted by atomic mass is 32.2. The molecule has 0 radical (unpaired) electrons. The molecule has 1 saturated heterocycles. The van der Waals surface area contributed by atoms with Crippen LogP contribution in [0.25, 0.3) is 16.8 Å². The molecule has 2 amide bonds. The van der Waals surface area contributed by atoms with Crippen molar-refractivity contribution < 1.29 is 37.1 Å². The van der Waals surface area contributed by atoms with Crippen LogP contribution in [0.4, 0.5) is 0 Å². The molecule has 3 heterocycles. The molecule has 0 spiro atoms. The lowest BCUT2D eigenvalue weighted by molar-refractivity contribution is -0.154. The Kier molecular flexibility index (Phi) is 11.3. The predicted molar refractivity (Wildman–Crippen MR) is 209 cm³/mol. The third kappa shape index (κ3) is 8.84. The summed E-state index contributed by atoms with van der Waals surface area (Å²) in [5.74, 6) is -2.44. The Labute approximate surface area is 324 Å². The molecule has 0 unspecified atom stereocenters. The van der Waals surface area contributed by atoms with E-state index in [1.807, 2.05) is 24.3 Å². The zero-order valence-corrected chi connectivity index (χ0v) is 33.0. The lowest BCUT2D eigenvalue weighted by Crippen LogP contribution is -2.48. The van der Waals surface area contributed by atoms with E-state index in [0.29, 0.717) is 25.1 Å². The number of Topliss-reactive ketones (excluding diaryl/α,β-unsaturated/α-hetero) is 1. The summed E-state index contributed by atoms with van der Waals surface area (Å²) in [6.07, 6.45) is 15.2. The van der Waals surface area contributed by atoms with Crippen LogP contribution in [0.2, 0.25) is 0 Å². The van der Waals surface area contributed by atoms with Gasteiger partial charge < -0.3 is 14.4 Å². The van der Waals surface area contributed by atoms with Crippen molar-refractivity contribution in [2.45, 2.75) is 121 Å². The third-order valence-electron chi connectivity index (χ3n) is 12.6. The van der Waals surface area contributed by atoms with E-state index in [4.69, 9.17) is 9.47 Å². The van der Waals surface area contributed by atoms with Gasteiger partial charge in [-0.25, -0.2) is 13.4 Å². The first-order chi connectivity index (χ1) is 26.3. The van der Waals surface area contributed by atoms with Crippen molar-refractivity contribution in [1.82, 2.24) is 14.6 Å². The minimum absolute atomic E-state index is 0.0429. The minimum Gasteiger partial charge on any atom is -0.472 e. The maximum atomic E-state index is 14.9. The highest BCUT2D eigenvalue weighted by Crippen LogP contribution is 2.57. The number of benzene rings is 1. The largest absolute Gasteiger partial charge is 0.472 e. The first-order valence-corrected chi connectivity index (χ1v) is 21.7. The van der Waals surface area contributed by atoms with Gasteiger partial charge in [0.05, 0.1) is 42.2 Å². The molecule has 5 atom stereocenters. The van der Waals surface area contributed by atoms with Crippen LogP contribution in [0.5, 0.6) is 5.88 Å². The molecule has 5 aliphatic rings. The van der Waals surface area contributed by atoms with Gasteiger partial charge in [0.25, 0.3) is 0 Å². The molecule has 1 aromatic carbocycles. The number of nitrogens with zero attached hydrogens (tertiary/aromatic N) is 2. The smallest absolute Gasteiger partial charge is 0.306 e. The van der Waals surface area contributed by atoms with E-state index in [-0.39, 0.29) is 61.4 Å². The number of amides is 2. The molecule has 55 heavy (non-hydrogen) atoms. The van der Waals surface area contributed by atoms with Gasteiger partial charge >= 0.3 is 5.97 Å². The van der Waals surface area contributed by atoms with Gasteiger partial charge in [-0.05, 0) is 91.7 Å². The van der Waals surface area contributed by atoms with Crippen LogP contribution in [-0.4, -0.2) is 72.4 Å². The van der Waals surface area contributed by atoms with Crippen LogP contribution < -0.4 is 9.46 Å². The van der Waals surface area contributed by atoms with Crippen LogP contribution >= 0.6 is 0 Å². The predicted octanol–water partition coefficient (Wildman–Crippen LogP) is 6.70. The first kappa shape index (κ1) is 39.2. The molecule has 2 aromatic rings. The second-order valence-corrected chi connectivity index (χ2v) is 19.4. The quantitative estimate of drug-likeness (QED) is 0.229. The van der Waals surface area contributed by atoms with E-state index in [1.54, 1.807) is 17.2 Å². The zero-order valence-electron chi connectivity index (χ0n) is 32.2. The Balaban J connectivity index is 1.22. The zero-order chi connectivity index (χ0) is 39.0. The van der Waals surface area contributed by atoms with E-state index in [9.17, 15) is 27.6 Å². The van der Waals surface area contributed by atoms with Crippen molar-refractivity contribution in [1.29, 1.82) is 0 Å². The number of cyclic esters (lactones) is 1. The highest BCUT2D eigenvalue weighted by Gasteiger charge is 2.61. The summed E-state index contributed by atoms with van der Waals surface area (Å²) in [4.78, 5) is 62.9. The number of rotatable bonds is 8. The monoisotopic (exact) mass is 773 g/mol. The number of ether oxygens (including phenoxy) is 2. The SMILES string of the molecule is C=C[C@@H]1C[C@]1(CC(=O)[C@@H]1C[C@@H]2CN1C(=O)[C@H](C1CCCCC1)CC(=O)OCC(C)(C)CCC/C=C/c1ccc3ccnc(c3c1)O2)C(=O)NS(=O)(=O)C1CC1. The number of fused-ring (bicyclic) bond motifs is 3. The van der Waals surface area contributed by atoms with Gasteiger partial charge in [0.1, 0.15) is 6.10 Å². The second kappa shape index (κ2) is 15.8. The van der Waals surface area contributed by atoms with E-state index in [0.717, 1.165) is 67.7 Å². The number of esters is 1. The van der Waals surface area contributed by atoms with E-state index in [2.05, 4.69) is 42.3 Å². The Bertz CT molecular complexity index is 1970. The van der Waals surface area contributed by atoms with Gasteiger partial charge in [-0.3, -0.25) is 23.9 Å². The van der Waals surface area contributed by atoms with Crippen LogP contribution in [0, 0.1) is 28.6 Å². The molecule has 296 valence electrons. The molecule has 1 aromatic heterocycles. The number of ketones is 1. The lowest BCUT2D eigenvalue weighted by Gasteiger charge is -2.34. The average Bonchev–Trinajstić information content (AvgIpc) is 4.09. The normalized spacial score (nSPS) is 29.9. The van der Waals surface area contributed by atoms with Crippen LogP contribution in [0.1, 0.15) is 109 Å². The molecular weight excluding hydrogens is 719 g/mol. The van der Waals surface area contributed by atoms with Crippen molar-refractivity contribution in [3.63, 3.8) is 0 Å². The van der Waals surface area contributed by atoms with Gasteiger partial charge in [-0.15, -0.1) is 6.58 Å². The van der Waals surface area contributed by atoms with Gasteiger partial charge in [0, 0.05) is 24.4 Å². The number of carbonyl (C=O) groups is 4. The maximum Gasteiger partial charge on any atom is 0.306 e. The average molecular weight is 774 g/mol. The maximum absolute atomic E-state index is 14.9.